The molecule has 3 aromatic heterocycles. The van der Waals surface area contributed by atoms with Crippen molar-refractivity contribution in [2.75, 3.05) is 0 Å². The van der Waals surface area contributed by atoms with Gasteiger partial charge in [-0.2, -0.15) is 0 Å². The van der Waals surface area contributed by atoms with Crippen LogP contribution in [0.1, 0.15) is 0 Å². The van der Waals surface area contributed by atoms with Crippen LogP contribution in [0.3, 0.4) is 0 Å². The maximum absolute atomic E-state index is 5.12. The normalized spacial score (nSPS) is 11.6. The lowest BCUT2D eigenvalue weighted by molar-refractivity contribution is 1.07. The number of rotatable bonds is 6. The predicted octanol–water partition coefficient (Wildman–Crippen LogP) is 12.7. The zero-order chi connectivity index (χ0) is 37.0. The fraction of sp³-hybridized carbons (Fsp3) is 0. The first-order valence-corrected chi connectivity index (χ1v) is 18.9. The van der Waals surface area contributed by atoms with E-state index in [1.165, 1.54) is 32.6 Å². The molecule has 0 aliphatic rings. The molecule has 8 aromatic carbocycles. The van der Waals surface area contributed by atoms with Gasteiger partial charge in [0, 0.05) is 49.6 Å². The lowest BCUT2D eigenvalue weighted by Crippen LogP contribution is -2.01. The quantitative estimate of drug-likeness (QED) is 0.172. The van der Waals surface area contributed by atoms with Crippen LogP contribution in [-0.2, 0) is 0 Å². The molecule has 0 amide bonds. The Morgan fingerprint density at radius 2 is 0.661 bits per heavy atom. The Morgan fingerprint density at radius 3 is 1.27 bits per heavy atom. The molecule has 0 bridgehead atoms. The summed E-state index contributed by atoms with van der Waals surface area (Å²) in [6.07, 6.45) is 0. The second-order valence-electron chi connectivity index (χ2n) is 14.1. The summed E-state index contributed by atoms with van der Waals surface area (Å²) in [6, 6.07) is 70.3. The lowest BCUT2D eigenvalue weighted by Gasteiger charge is -2.12. The van der Waals surface area contributed by atoms with E-state index < -0.39 is 0 Å². The summed E-state index contributed by atoms with van der Waals surface area (Å²) in [7, 11) is 0. The van der Waals surface area contributed by atoms with E-state index in [0.717, 1.165) is 50.2 Å². The first kappa shape index (κ1) is 31.9. The Labute approximate surface area is 323 Å². The average molecular weight is 716 g/mol. The highest BCUT2D eigenvalue weighted by Crippen LogP contribution is 2.40. The number of nitrogens with zero attached hydrogens (tertiary/aromatic N) is 5. The summed E-state index contributed by atoms with van der Waals surface area (Å²) in [5.41, 5.74) is 11.9. The molecule has 56 heavy (non-hydrogen) atoms. The number of hydrogen-bond donors (Lipinski definition) is 0. The lowest BCUT2D eigenvalue weighted by atomic mass is 10.0. The third-order valence-corrected chi connectivity index (χ3v) is 10.8. The van der Waals surface area contributed by atoms with E-state index in [1.807, 2.05) is 36.4 Å². The van der Waals surface area contributed by atoms with E-state index in [4.69, 9.17) is 15.0 Å². The van der Waals surface area contributed by atoms with Crippen molar-refractivity contribution in [1.82, 2.24) is 24.1 Å². The highest BCUT2D eigenvalue weighted by atomic mass is 15.0. The van der Waals surface area contributed by atoms with Crippen molar-refractivity contribution in [3.8, 4) is 56.7 Å². The first-order valence-electron chi connectivity index (χ1n) is 18.9. The fourth-order valence-corrected chi connectivity index (χ4v) is 8.14. The van der Waals surface area contributed by atoms with Crippen molar-refractivity contribution in [3.05, 3.63) is 200 Å². The molecule has 0 saturated heterocycles. The van der Waals surface area contributed by atoms with Crippen LogP contribution in [0.15, 0.2) is 200 Å². The smallest absolute Gasteiger partial charge is 0.164 e. The summed E-state index contributed by atoms with van der Waals surface area (Å²) in [5, 5.41) is 4.89. The molecule has 11 rings (SSSR count). The molecule has 0 aliphatic carbocycles. The largest absolute Gasteiger partial charge is 0.309 e. The molecule has 5 heteroatoms. The zero-order valence-corrected chi connectivity index (χ0v) is 30.3. The van der Waals surface area contributed by atoms with Crippen molar-refractivity contribution in [1.29, 1.82) is 0 Å². The zero-order valence-electron chi connectivity index (χ0n) is 30.3. The number of para-hydroxylation sites is 3. The summed E-state index contributed by atoms with van der Waals surface area (Å²) in [5.74, 6) is 1.89. The predicted molar refractivity (Wildman–Crippen MR) is 230 cm³/mol. The highest BCUT2D eigenvalue weighted by molar-refractivity contribution is 6.19. The Morgan fingerprint density at radius 1 is 0.250 bits per heavy atom. The van der Waals surface area contributed by atoms with Crippen LogP contribution in [0.4, 0.5) is 0 Å². The Kier molecular flexibility index (Phi) is 7.42. The van der Waals surface area contributed by atoms with Crippen LogP contribution in [0, 0.1) is 0 Å². The van der Waals surface area contributed by atoms with Crippen molar-refractivity contribution in [2.45, 2.75) is 0 Å². The van der Waals surface area contributed by atoms with Crippen LogP contribution < -0.4 is 0 Å². The number of hydrogen-bond acceptors (Lipinski definition) is 3. The van der Waals surface area contributed by atoms with Gasteiger partial charge in [-0.1, -0.05) is 152 Å². The van der Waals surface area contributed by atoms with Gasteiger partial charge in [0.15, 0.2) is 17.5 Å². The van der Waals surface area contributed by atoms with Gasteiger partial charge in [0.1, 0.15) is 0 Å². The molecule has 0 spiro atoms. The van der Waals surface area contributed by atoms with Crippen LogP contribution in [-0.4, -0.2) is 24.1 Å². The van der Waals surface area contributed by atoms with Gasteiger partial charge in [-0.15, -0.1) is 0 Å². The molecule has 0 saturated carbocycles. The van der Waals surface area contributed by atoms with Gasteiger partial charge in [-0.25, -0.2) is 15.0 Å². The van der Waals surface area contributed by atoms with Crippen LogP contribution >= 0.6 is 0 Å². The highest BCUT2D eigenvalue weighted by Gasteiger charge is 2.19. The third-order valence-electron chi connectivity index (χ3n) is 10.8. The molecule has 0 atom stereocenters. The molecule has 262 valence electrons. The van der Waals surface area contributed by atoms with Crippen molar-refractivity contribution in [3.63, 3.8) is 0 Å². The van der Waals surface area contributed by atoms with Gasteiger partial charge in [-0.3, -0.25) is 0 Å². The summed E-state index contributed by atoms with van der Waals surface area (Å²) >= 11 is 0. The van der Waals surface area contributed by atoms with Gasteiger partial charge < -0.3 is 9.13 Å². The number of aromatic nitrogens is 5. The SMILES string of the molecule is c1ccc(-c2ccc(-c3nc(-c4ccccc4)nc(-c4cccc(-n5c6ccccc6c6cc7c8ccccc8n(-c8ccccc8)c7cc65)c4)n3)cc2)cc1. The molecular weight excluding hydrogens is 683 g/mol. The van der Waals surface area contributed by atoms with E-state index in [0.29, 0.717) is 17.5 Å². The molecule has 5 nitrogen and oxygen atoms in total. The maximum Gasteiger partial charge on any atom is 0.164 e. The molecule has 0 radical (unpaired) electrons. The maximum atomic E-state index is 5.12. The summed E-state index contributed by atoms with van der Waals surface area (Å²) < 4.78 is 4.76. The molecule has 0 unspecified atom stereocenters. The van der Waals surface area contributed by atoms with E-state index in [2.05, 4.69) is 173 Å². The minimum atomic E-state index is 0.621. The molecular formula is C51H33N5. The second-order valence-corrected chi connectivity index (χ2v) is 14.1. The van der Waals surface area contributed by atoms with Gasteiger partial charge in [0.25, 0.3) is 0 Å². The van der Waals surface area contributed by atoms with Crippen LogP contribution in [0.5, 0.6) is 0 Å². The van der Waals surface area contributed by atoms with E-state index in [9.17, 15) is 0 Å². The van der Waals surface area contributed by atoms with Crippen molar-refractivity contribution < 1.29 is 0 Å². The second kappa shape index (κ2) is 13.0. The van der Waals surface area contributed by atoms with Gasteiger partial charge in [0.05, 0.1) is 22.1 Å². The van der Waals surface area contributed by atoms with E-state index >= 15 is 0 Å². The van der Waals surface area contributed by atoms with Crippen molar-refractivity contribution in [2.24, 2.45) is 0 Å². The van der Waals surface area contributed by atoms with Crippen molar-refractivity contribution >= 4 is 43.6 Å². The Balaban J connectivity index is 1.10. The van der Waals surface area contributed by atoms with Gasteiger partial charge in [0.2, 0.25) is 0 Å². The van der Waals surface area contributed by atoms with E-state index in [1.54, 1.807) is 0 Å². The van der Waals surface area contributed by atoms with Gasteiger partial charge >= 0.3 is 0 Å². The van der Waals surface area contributed by atoms with E-state index in [-0.39, 0.29) is 0 Å². The topological polar surface area (TPSA) is 48.5 Å². The minimum absolute atomic E-state index is 0.621. The fourth-order valence-electron chi connectivity index (χ4n) is 8.14. The standard InChI is InChI=1S/C51H33N5/c1-4-15-34(16-5-1)35-27-29-37(30-28-35)50-52-49(36-17-6-2-7-18-36)53-51(54-50)38-19-14-22-40(31-38)56-46-26-13-11-24-42(46)44-32-43-41-23-10-12-25-45(41)55(47(43)33-48(44)56)39-20-8-3-9-21-39/h1-33H. The third kappa shape index (κ3) is 5.29. The Bertz CT molecular complexity index is 3220. The average Bonchev–Trinajstić information content (AvgIpc) is 3.78. The molecule has 0 aliphatic heterocycles. The number of fused-ring (bicyclic) bond motifs is 6. The van der Waals surface area contributed by atoms with Gasteiger partial charge in [-0.05, 0) is 59.7 Å². The Hall–Kier alpha value is -7.63. The van der Waals surface area contributed by atoms with Crippen LogP contribution in [0.25, 0.3) is 100 Å². The molecule has 11 aromatic rings. The number of benzene rings is 8. The monoisotopic (exact) mass is 715 g/mol. The molecule has 0 fully saturated rings. The summed E-state index contributed by atoms with van der Waals surface area (Å²) in [6.45, 7) is 0. The first-order chi connectivity index (χ1) is 27.8. The molecule has 3 heterocycles. The summed E-state index contributed by atoms with van der Waals surface area (Å²) in [4.78, 5) is 15.2. The molecule has 0 N–H and O–H groups in total. The minimum Gasteiger partial charge on any atom is -0.309 e. The van der Waals surface area contributed by atoms with Crippen LogP contribution in [0.2, 0.25) is 0 Å².